The van der Waals surface area contributed by atoms with E-state index in [4.69, 9.17) is 0 Å². The predicted molar refractivity (Wildman–Crippen MR) is 67.4 cm³/mol. The number of rotatable bonds is 6. The Balaban J connectivity index is 2.27. The summed E-state index contributed by atoms with van der Waals surface area (Å²) in [5.41, 5.74) is 0. The standard InChI is InChI=1S/C11H20N2O3S/c1-9(2)8-17(15,16)7-6-13-11(14)10-4-3-5-12-10/h3-4,9-10,12H,5-8H2,1-2H3,(H,13,14)/t10-/m1/s1. The number of hydrogen-bond donors (Lipinski definition) is 2. The summed E-state index contributed by atoms with van der Waals surface area (Å²) in [6.07, 6.45) is 3.65. The van der Waals surface area contributed by atoms with E-state index in [1.807, 2.05) is 19.9 Å². The first-order chi connectivity index (χ1) is 7.91. The molecule has 0 saturated heterocycles. The molecular formula is C11H20N2O3S. The molecule has 1 heterocycles. The first kappa shape index (κ1) is 14.2. The normalized spacial score (nSPS) is 19.8. The molecule has 0 fully saturated rings. The van der Waals surface area contributed by atoms with Crippen molar-refractivity contribution < 1.29 is 13.2 Å². The second-order valence-corrected chi connectivity index (χ2v) is 6.84. The van der Waals surface area contributed by atoms with E-state index in [0.717, 1.165) is 0 Å². The summed E-state index contributed by atoms with van der Waals surface area (Å²) >= 11 is 0. The Morgan fingerprint density at radius 3 is 2.76 bits per heavy atom. The summed E-state index contributed by atoms with van der Waals surface area (Å²) in [5.74, 6) is 0.131. The maximum Gasteiger partial charge on any atom is 0.241 e. The van der Waals surface area contributed by atoms with Gasteiger partial charge in [-0.05, 0) is 5.92 Å². The molecule has 1 atom stereocenters. The van der Waals surface area contributed by atoms with Crippen LogP contribution in [0.2, 0.25) is 0 Å². The van der Waals surface area contributed by atoms with Gasteiger partial charge in [0.15, 0.2) is 9.84 Å². The zero-order valence-corrected chi connectivity index (χ0v) is 11.1. The van der Waals surface area contributed by atoms with Gasteiger partial charge in [-0.15, -0.1) is 0 Å². The third kappa shape index (κ3) is 5.32. The molecular weight excluding hydrogens is 240 g/mol. The van der Waals surface area contributed by atoms with E-state index in [1.54, 1.807) is 6.08 Å². The summed E-state index contributed by atoms with van der Waals surface area (Å²) in [7, 11) is -3.05. The van der Waals surface area contributed by atoms with Crippen molar-refractivity contribution in [2.45, 2.75) is 19.9 Å². The first-order valence-corrected chi connectivity index (χ1v) is 7.61. The largest absolute Gasteiger partial charge is 0.353 e. The summed E-state index contributed by atoms with van der Waals surface area (Å²) in [5, 5.41) is 5.59. The van der Waals surface area contributed by atoms with Gasteiger partial charge in [0.1, 0.15) is 6.04 Å². The van der Waals surface area contributed by atoms with Crippen LogP contribution in [-0.4, -0.2) is 45.0 Å². The fraction of sp³-hybridized carbons (Fsp3) is 0.727. The molecule has 0 aromatic carbocycles. The van der Waals surface area contributed by atoms with Crippen LogP contribution in [0.15, 0.2) is 12.2 Å². The Hall–Kier alpha value is -0.880. The molecule has 5 nitrogen and oxygen atoms in total. The van der Waals surface area contributed by atoms with Gasteiger partial charge in [-0.1, -0.05) is 26.0 Å². The van der Waals surface area contributed by atoms with Gasteiger partial charge in [-0.2, -0.15) is 0 Å². The second-order valence-electron chi connectivity index (χ2n) is 4.61. The average Bonchev–Trinajstić information content (AvgIpc) is 2.67. The van der Waals surface area contributed by atoms with E-state index in [1.165, 1.54) is 0 Å². The highest BCUT2D eigenvalue weighted by molar-refractivity contribution is 7.91. The molecule has 0 spiro atoms. The molecule has 0 aliphatic carbocycles. The molecule has 0 bridgehead atoms. The molecule has 0 unspecified atom stereocenters. The molecule has 1 rings (SSSR count). The number of hydrogen-bond acceptors (Lipinski definition) is 4. The van der Waals surface area contributed by atoms with Crippen LogP contribution in [0.25, 0.3) is 0 Å². The van der Waals surface area contributed by atoms with Crippen LogP contribution in [0, 0.1) is 5.92 Å². The summed E-state index contributed by atoms with van der Waals surface area (Å²) in [6, 6.07) is -0.317. The Morgan fingerprint density at radius 2 is 2.24 bits per heavy atom. The minimum Gasteiger partial charge on any atom is -0.353 e. The number of nitrogens with one attached hydrogen (secondary N) is 2. The zero-order valence-electron chi connectivity index (χ0n) is 10.3. The van der Waals surface area contributed by atoms with Crippen molar-refractivity contribution >= 4 is 15.7 Å². The van der Waals surface area contributed by atoms with E-state index in [2.05, 4.69) is 10.6 Å². The van der Waals surface area contributed by atoms with Gasteiger partial charge in [0.25, 0.3) is 0 Å². The molecule has 0 aromatic heterocycles. The summed E-state index contributed by atoms with van der Waals surface area (Å²) in [4.78, 5) is 11.5. The monoisotopic (exact) mass is 260 g/mol. The number of amides is 1. The van der Waals surface area contributed by atoms with Gasteiger partial charge in [0.05, 0.1) is 11.5 Å². The lowest BCUT2D eigenvalue weighted by molar-refractivity contribution is -0.121. The minimum absolute atomic E-state index is 0.00730. The molecule has 6 heteroatoms. The molecule has 2 N–H and O–H groups in total. The van der Waals surface area contributed by atoms with E-state index in [0.29, 0.717) is 6.54 Å². The van der Waals surface area contributed by atoms with Crippen molar-refractivity contribution in [2.75, 3.05) is 24.6 Å². The van der Waals surface area contributed by atoms with Crippen LogP contribution in [-0.2, 0) is 14.6 Å². The van der Waals surface area contributed by atoms with Gasteiger partial charge in [0, 0.05) is 13.1 Å². The molecule has 0 radical (unpaired) electrons. The van der Waals surface area contributed by atoms with Crippen molar-refractivity contribution in [3.63, 3.8) is 0 Å². The van der Waals surface area contributed by atoms with E-state index >= 15 is 0 Å². The van der Waals surface area contributed by atoms with Gasteiger partial charge < -0.3 is 5.32 Å². The van der Waals surface area contributed by atoms with Gasteiger partial charge in [-0.3, -0.25) is 10.1 Å². The van der Waals surface area contributed by atoms with Crippen LogP contribution in [0.5, 0.6) is 0 Å². The van der Waals surface area contributed by atoms with Crippen LogP contribution in [0.1, 0.15) is 13.8 Å². The van der Waals surface area contributed by atoms with Crippen molar-refractivity contribution in [2.24, 2.45) is 5.92 Å². The third-order valence-electron chi connectivity index (χ3n) is 2.37. The molecule has 17 heavy (non-hydrogen) atoms. The quantitative estimate of drug-likeness (QED) is 0.643. The fourth-order valence-electron chi connectivity index (χ4n) is 1.68. The Kier molecular flexibility index (Phi) is 5.14. The minimum atomic E-state index is -3.05. The highest BCUT2D eigenvalue weighted by Crippen LogP contribution is 2.00. The lowest BCUT2D eigenvalue weighted by Gasteiger charge is -2.11. The average molecular weight is 260 g/mol. The number of carbonyl (C=O) groups is 1. The molecule has 0 aromatic rings. The van der Waals surface area contributed by atoms with Crippen molar-refractivity contribution in [1.82, 2.24) is 10.6 Å². The lowest BCUT2D eigenvalue weighted by atomic mass is 10.3. The van der Waals surface area contributed by atoms with Crippen LogP contribution in [0.4, 0.5) is 0 Å². The van der Waals surface area contributed by atoms with Gasteiger partial charge in [0.2, 0.25) is 5.91 Å². The van der Waals surface area contributed by atoms with Crippen molar-refractivity contribution in [3.05, 3.63) is 12.2 Å². The lowest BCUT2D eigenvalue weighted by Crippen LogP contribution is -2.42. The Labute approximate surface area is 103 Å². The van der Waals surface area contributed by atoms with Crippen molar-refractivity contribution in [3.8, 4) is 0 Å². The highest BCUT2D eigenvalue weighted by Gasteiger charge is 2.18. The maximum absolute atomic E-state index is 11.6. The Bertz CT molecular complexity index is 388. The van der Waals surface area contributed by atoms with Crippen LogP contribution < -0.4 is 10.6 Å². The van der Waals surface area contributed by atoms with Crippen LogP contribution in [0.3, 0.4) is 0 Å². The predicted octanol–water partition coefficient (Wildman–Crippen LogP) is -0.299. The van der Waals surface area contributed by atoms with Crippen molar-refractivity contribution in [1.29, 1.82) is 0 Å². The van der Waals surface area contributed by atoms with E-state index in [9.17, 15) is 13.2 Å². The zero-order chi connectivity index (χ0) is 12.9. The molecule has 0 saturated carbocycles. The highest BCUT2D eigenvalue weighted by atomic mass is 32.2. The maximum atomic E-state index is 11.6. The summed E-state index contributed by atoms with van der Waals surface area (Å²) < 4.78 is 23.1. The topological polar surface area (TPSA) is 75.3 Å². The molecule has 98 valence electrons. The third-order valence-corrected chi connectivity index (χ3v) is 4.37. The molecule has 1 aliphatic rings. The number of carbonyl (C=O) groups excluding carboxylic acids is 1. The molecule has 1 aliphatic heterocycles. The van der Waals surface area contributed by atoms with Crippen LogP contribution >= 0.6 is 0 Å². The van der Waals surface area contributed by atoms with Gasteiger partial charge in [-0.25, -0.2) is 8.42 Å². The number of sulfone groups is 1. The summed E-state index contributed by atoms with van der Waals surface area (Å²) in [6.45, 7) is 4.59. The van der Waals surface area contributed by atoms with E-state index < -0.39 is 9.84 Å². The fourth-order valence-corrected chi connectivity index (χ4v) is 3.27. The SMILES string of the molecule is CC(C)CS(=O)(=O)CCNC(=O)[C@H]1C=CCN1. The molecule has 1 amide bonds. The smallest absolute Gasteiger partial charge is 0.241 e. The first-order valence-electron chi connectivity index (χ1n) is 5.79. The second kappa shape index (κ2) is 6.16. The Morgan fingerprint density at radius 1 is 1.53 bits per heavy atom. The van der Waals surface area contributed by atoms with Gasteiger partial charge >= 0.3 is 0 Å². The van der Waals surface area contributed by atoms with E-state index in [-0.39, 0.29) is 35.9 Å².